The molecule has 1 fully saturated rings. The predicted octanol–water partition coefficient (Wildman–Crippen LogP) is 4.81. The lowest BCUT2D eigenvalue weighted by Crippen LogP contribution is -2.35. The van der Waals surface area contributed by atoms with Gasteiger partial charge >= 0.3 is 0 Å². The molecule has 1 aliphatic carbocycles. The summed E-state index contributed by atoms with van der Waals surface area (Å²) in [6.07, 6.45) is 4.14. The molecule has 1 N–H and O–H groups in total. The summed E-state index contributed by atoms with van der Waals surface area (Å²) < 4.78 is 1.13. The molecule has 1 nitrogen and oxygen atoms in total. The van der Waals surface area contributed by atoms with Gasteiger partial charge in [-0.15, -0.1) is 0 Å². The van der Waals surface area contributed by atoms with Crippen molar-refractivity contribution >= 4 is 15.9 Å². The molecule has 0 amide bonds. The van der Waals surface area contributed by atoms with Crippen molar-refractivity contribution in [2.75, 3.05) is 0 Å². The first-order chi connectivity index (χ1) is 8.86. The minimum Gasteiger partial charge on any atom is -0.393 e. The molecule has 19 heavy (non-hydrogen) atoms. The fourth-order valence-corrected chi connectivity index (χ4v) is 3.67. The molecule has 0 spiro atoms. The summed E-state index contributed by atoms with van der Waals surface area (Å²) in [6.45, 7) is 6.97. The van der Waals surface area contributed by atoms with E-state index < -0.39 is 0 Å². The Balaban J connectivity index is 2.05. The Kier molecular flexibility index (Phi) is 4.73. The van der Waals surface area contributed by atoms with Crippen LogP contribution in [-0.4, -0.2) is 11.2 Å². The van der Waals surface area contributed by atoms with Gasteiger partial charge in [0, 0.05) is 4.47 Å². The van der Waals surface area contributed by atoms with Gasteiger partial charge in [-0.1, -0.05) is 48.8 Å². The highest BCUT2D eigenvalue weighted by molar-refractivity contribution is 9.10. The molecule has 3 unspecified atom stereocenters. The van der Waals surface area contributed by atoms with E-state index in [1.807, 2.05) is 0 Å². The molecular formula is C17H25BrO. The lowest BCUT2D eigenvalue weighted by molar-refractivity contribution is 0.0196. The van der Waals surface area contributed by atoms with Gasteiger partial charge in [-0.2, -0.15) is 0 Å². The maximum absolute atomic E-state index is 10.3. The standard InChI is InChI=1S/C17H25BrO/c1-17(2,3)14-7-8-16(19)13(11-14)9-12-5-4-6-15(18)10-12/h4-6,10,13-14,16,19H,7-9,11H2,1-3H3. The maximum Gasteiger partial charge on any atom is 0.0571 e. The van der Waals surface area contributed by atoms with Crippen molar-refractivity contribution in [3.8, 4) is 0 Å². The summed E-state index contributed by atoms with van der Waals surface area (Å²) in [5.74, 6) is 1.14. The zero-order valence-corrected chi connectivity index (χ0v) is 13.8. The third-order valence-electron chi connectivity index (χ3n) is 4.55. The SMILES string of the molecule is CC(C)(C)C1CCC(O)C(Cc2cccc(Br)c2)C1. The third kappa shape index (κ3) is 4.06. The van der Waals surface area contributed by atoms with Gasteiger partial charge in [0.05, 0.1) is 6.10 Å². The molecule has 0 bridgehead atoms. The Bertz CT molecular complexity index is 422. The van der Waals surface area contributed by atoms with Crippen molar-refractivity contribution in [2.45, 2.75) is 52.6 Å². The minimum absolute atomic E-state index is 0.127. The molecule has 1 saturated carbocycles. The third-order valence-corrected chi connectivity index (χ3v) is 5.05. The van der Waals surface area contributed by atoms with Gasteiger partial charge in [0.2, 0.25) is 0 Å². The summed E-state index contributed by atoms with van der Waals surface area (Å²) in [4.78, 5) is 0. The van der Waals surface area contributed by atoms with Gasteiger partial charge in [0.15, 0.2) is 0 Å². The smallest absolute Gasteiger partial charge is 0.0571 e. The summed E-state index contributed by atoms with van der Waals surface area (Å²) in [5, 5.41) is 10.3. The monoisotopic (exact) mass is 324 g/mol. The van der Waals surface area contributed by atoms with E-state index in [2.05, 4.69) is 61.0 Å². The normalized spacial score (nSPS) is 28.4. The summed E-state index contributed by atoms with van der Waals surface area (Å²) in [6, 6.07) is 8.47. The number of hydrogen-bond donors (Lipinski definition) is 1. The Morgan fingerprint density at radius 2 is 2.00 bits per heavy atom. The molecule has 1 aromatic carbocycles. The van der Waals surface area contributed by atoms with Gasteiger partial charge in [0.25, 0.3) is 0 Å². The molecule has 0 aliphatic heterocycles. The van der Waals surface area contributed by atoms with E-state index in [-0.39, 0.29) is 6.10 Å². The van der Waals surface area contributed by atoms with E-state index in [9.17, 15) is 5.11 Å². The van der Waals surface area contributed by atoms with Crippen LogP contribution in [0.2, 0.25) is 0 Å². The minimum atomic E-state index is -0.127. The molecule has 0 heterocycles. The Morgan fingerprint density at radius 1 is 1.26 bits per heavy atom. The van der Waals surface area contributed by atoms with E-state index in [4.69, 9.17) is 0 Å². The molecule has 2 heteroatoms. The zero-order valence-electron chi connectivity index (χ0n) is 12.2. The fourth-order valence-electron chi connectivity index (χ4n) is 3.22. The van der Waals surface area contributed by atoms with E-state index in [0.717, 1.165) is 29.7 Å². The highest BCUT2D eigenvalue weighted by Gasteiger charge is 2.34. The zero-order chi connectivity index (χ0) is 14.0. The van der Waals surface area contributed by atoms with E-state index >= 15 is 0 Å². The molecule has 106 valence electrons. The largest absolute Gasteiger partial charge is 0.393 e. The van der Waals surface area contributed by atoms with Crippen LogP contribution >= 0.6 is 15.9 Å². The quantitative estimate of drug-likeness (QED) is 0.827. The molecule has 2 rings (SSSR count). The van der Waals surface area contributed by atoms with Crippen molar-refractivity contribution in [1.29, 1.82) is 0 Å². The first kappa shape index (κ1) is 15.1. The number of rotatable bonds is 2. The van der Waals surface area contributed by atoms with Crippen LogP contribution in [0.4, 0.5) is 0 Å². The molecule has 3 atom stereocenters. The second-order valence-corrected chi connectivity index (χ2v) is 7.95. The van der Waals surface area contributed by atoms with Crippen LogP contribution in [0.3, 0.4) is 0 Å². The average molecular weight is 325 g/mol. The van der Waals surface area contributed by atoms with E-state index in [0.29, 0.717) is 11.3 Å². The van der Waals surface area contributed by atoms with Crippen LogP contribution in [0.25, 0.3) is 0 Å². The van der Waals surface area contributed by atoms with Crippen LogP contribution in [0.1, 0.15) is 45.6 Å². The Morgan fingerprint density at radius 3 is 2.63 bits per heavy atom. The van der Waals surface area contributed by atoms with Crippen molar-refractivity contribution in [3.63, 3.8) is 0 Å². The van der Waals surface area contributed by atoms with Crippen LogP contribution < -0.4 is 0 Å². The highest BCUT2D eigenvalue weighted by Crippen LogP contribution is 2.41. The molecule has 0 aromatic heterocycles. The first-order valence-electron chi connectivity index (χ1n) is 7.29. The van der Waals surface area contributed by atoms with Crippen molar-refractivity contribution in [3.05, 3.63) is 34.3 Å². The number of halogens is 1. The predicted molar refractivity (Wildman–Crippen MR) is 84.1 cm³/mol. The molecule has 1 aromatic rings. The molecule has 0 saturated heterocycles. The van der Waals surface area contributed by atoms with E-state index in [1.54, 1.807) is 0 Å². The van der Waals surface area contributed by atoms with Crippen LogP contribution in [0.15, 0.2) is 28.7 Å². The number of benzene rings is 1. The summed E-state index contributed by atoms with van der Waals surface area (Å²) >= 11 is 3.52. The van der Waals surface area contributed by atoms with Crippen molar-refractivity contribution in [1.82, 2.24) is 0 Å². The van der Waals surface area contributed by atoms with Gasteiger partial charge in [-0.05, 0) is 60.6 Å². The van der Waals surface area contributed by atoms with Crippen molar-refractivity contribution < 1.29 is 5.11 Å². The van der Waals surface area contributed by atoms with E-state index in [1.165, 1.54) is 12.0 Å². The maximum atomic E-state index is 10.3. The fraction of sp³-hybridized carbons (Fsp3) is 0.647. The second-order valence-electron chi connectivity index (χ2n) is 7.04. The molecule has 1 aliphatic rings. The first-order valence-corrected chi connectivity index (χ1v) is 8.08. The molecular weight excluding hydrogens is 300 g/mol. The Labute approximate surface area is 125 Å². The number of aliphatic hydroxyl groups excluding tert-OH is 1. The highest BCUT2D eigenvalue weighted by atomic mass is 79.9. The summed E-state index contributed by atoms with van der Waals surface area (Å²) in [5.41, 5.74) is 1.68. The number of hydrogen-bond acceptors (Lipinski definition) is 1. The summed E-state index contributed by atoms with van der Waals surface area (Å²) in [7, 11) is 0. The number of aliphatic hydroxyl groups is 1. The van der Waals surface area contributed by atoms with Gasteiger partial charge in [0.1, 0.15) is 0 Å². The van der Waals surface area contributed by atoms with Crippen LogP contribution in [0.5, 0.6) is 0 Å². The van der Waals surface area contributed by atoms with Gasteiger partial charge in [-0.3, -0.25) is 0 Å². The van der Waals surface area contributed by atoms with Crippen LogP contribution in [0, 0.1) is 17.3 Å². The van der Waals surface area contributed by atoms with Crippen molar-refractivity contribution in [2.24, 2.45) is 17.3 Å². The average Bonchev–Trinajstić information content (AvgIpc) is 2.30. The second kappa shape index (κ2) is 5.97. The lowest BCUT2D eigenvalue weighted by atomic mass is 9.67. The topological polar surface area (TPSA) is 20.2 Å². The molecule has 0 radical (unpaired) electrons. The lowest BCUT2D eigenvalue weighted by Gasteiger charge is -2.40. The van der Waals surface area contributed by atoms with Gasteiger partial charge in [-0.25, -0.2) is 0 Å². The van der Waals surface area contributed by atoms with Crippen LogP contribution in [-0.2, 0) is 6.42 Å². The van der Waals surface area contributed by atoms with Gasteiger partial charge < -0.3 is 5.11 Å². The Hall–Kier alpha value is -0.340.